The molecule has 0 spiro atoms. The van der Waals surface area contributed by atoms with Gasteiger partial charge < -0.3 is 10.3 Å². The number of rotatable bonds is 4. The van der Waals surface area contributed by atoms with Gasteiger partial charge in [-0.05, 0) is 13.0 Å². The third-order valence-corrected chi connectivity index (χ3v) is 3.72. The summed E-state index contributed by atoms with van der Waals surface area (Å²) in [5.74, 6) is 0.577. The van der Waals surface area contributed by atoms with E-state index in [9.17, 15) is 10.1 Å². The van der Waals surface area contributed by atoms with Crippen LogP contribution in [-0.2, 0) is 6.54 Å². The maximum absolute atomic E-state index is 10.7. The van der Waals surface area contributed by atoms with Gasteiger partial charge in [-0.25, -0.2) is 9.97 Å². The molecule has 3 aromatic rings. The van der Waals surface area contributed by atoms with Crippen molar-refractivity contribution in [1.29, 1.82) is 0 Å². The van der Waals surface area contributed by atoms with Crippen LogP contribution in [0.3, 0.4) is 0 Å². The number of nitrogens with zero attached hydrogens (tertiary/aromatic N) is 3. The predicted molar refractivity (Wildman–Crippen MR) is 76.9 cm³/mol. The van der Waals surface area contributed by atoms with E-state index < -0.39 is 4.92 Å². The number of H-pyrrole nitrogens is 1. The Morgan fingerprint density at radius 3 is 3.00 bits per heavy atom. The summed E-state index contributed by atoms with van der Waals surface area (Å²) in [4.78, 5) is 22.0. The first-order chi connectivity index (χ1) is 9.61. The monoisotopic (exact) mass is 289 g/mol. The highest BCUT2D eigenvalue weighted by Crippen LogP contribution is 2.21. The lowest BCUT2D eigenvalue weighted by molar-refractivity contribution is -0.384. The number of thiazole rings is 1. The molecule has 0 saturated heterocycles. The summed E-state index contributed by atoms with van der Waals surface area (Å²) in [6, 6.07) is 4.54. The van der Waals surface area contributed by atoms with Crippen LogP contribution >= 0.6 is 11.3 Å². The number of aryl methyl sites for hydroxylation is 1. The highest BCUT2D eigenvalue weighted by Gasteiger charge is 2.09. The maximum Gasteiger partial charge on any atom is 0.271 e. The predicted octanol–water partition coefficient (Wildman–Crippen LogP) is 2.85. The first-order valence-electron chi connectivity index (χ1n) is 5.91. The van der Waals surface area contributed by atoms with E-state index in [0.29, 0.717) is 23.5 Å². The Balaban J connectivity index is 1.80. The van der Waals surface area contributed by atoms with Gasteiger partial charge in [0, 0.05) is 23.2 Å². The number of nitro benzene ring substituents is 1. The van der Waals surface area contributed by atoms with Crippen LogP contribution in [0.1, 0.15) is 10.7 Å². The molecule has 7 nitrogen and oxygen atoms in total. The van der Waals surface area contributed by atoms with E-state index in [1.54, 1.807) is 17.4 Å². The van der Waals surface area contributed by atoms with Crippen molar-refractivity contribution < 1.29 is 4.92 Å². The van der Waals surface area contributed by atoms with Crippen LogP contribution in [0.2, 0.25) is 0 Å². The first-order valence-corrected chi connectivity index (χ1v) is 6.79. The summed E-state index contributed by atoms with van der Waals surface area (Å²) >= 11 is 1.58. The molecule has 0 amide bonds. The molecular formula is C12H11N5O2S. The molecule has 0 saturated carbocycles. The summed E-state index contributed by atoms with van der Waals surface area (Å²) in [6.45, 7) is 2.51. The highest BCUT2D eigenvalue weighted by molar-refractivity contribution is 7.09. The minimum absolute atomic E-state index is 0.0447. The fraction of sp³-hybridized carbons (Fsp3) is 0.167. The van der Waals surface area contributed by atoms with Crippen molar-refractivity contribution in [3.63, 3.8) is 0 Å². The van der Waals surface area contributed by atoms with E-state index in [2.05, 4.69) is 20.3 Å². The molecule has 1 aromatic carbocycles. The molecule has 0 radical (unpaired) electrons. The van der Waals surface area contributed by atoms with E-state index in [-0.39, 0.29) is 5.69 Å². The first kappa shape index (κ1) is 12.5. The van der Waals surface area contributed by atoms with Crippen molar-refractivity contribution in [2.45, 2.75) is 13.5 Å². The number of non-ortho nitro benzene ring substituents is 1. The van der Waals surface area contributed by atoms with Gasteiger partial charge in [0.05, 0.1) is 22.5 Å². The highest BCUT2D eigenvalue weighted by atomic mass is 32.1. The summed E-state index contributed by atoms with van der Waals surface area (Å²) in [7, 11) is 0. The van der Waals surface area contributed by atoms with E-state index >= 15 is 0 Å². The van der Waals surface area contributed by atoms with Gasteiger partial charge in [-0.3, -0.25) is 10.1 Å². The number of benzene rings is 1. The number of anilines is 1. The van der Waals surface area contributed by atoms with Gasteiger partial charge in [0.15, 0.2) is 0 Å². The normalized spacial score (nSPS) is 10.8. The quantitative estimate of drug-likeness (QED) is 0.568. The lowest BCUT2D eigenvalue weighted by Gasteiger charge is -1.97. The van der Waals surface area contributed by atoms with Gasteiger partial charge in [-0.15, -0.1) is 11.3 Å². The molecule has 8 heteroatoms. The van der Waals surface area contributed by atoms with Crippen molar-refractivity contribution in [3.05, 3.63) is 44.4 Å². The maximum atomic E-state index is 10.7. The van der Waals surface area contributed by atoms with Gasteiger partial charge in [0.2, 0.25) is 5.95 Å². The molecule has 2 aromatic heterocycles. The smallest absolute Gasteiger partial charge is 0.271 e. The van der Waals surface area contributed by atoms with Crippen LogP contribution in [-0.4, -0.2) is 19.9 Å². The van der Waals surface area contributed by atoms with Gasteiger partial charge in [-0.1, -0.05) is 0 Å². The van der Waals surface area contributed by atoms with Crippen LogP contribution in [0.25, 0.3) is 11.0 Å². The van der Waals surface area contributed by atoms with Crippen LogP contribution in [0.4, 0.5) is 11.6 Å². The second-order valence-electron chi connectivity index (χ2n) is 4.28. The average molecular weight is 289 g/mol. The van der Waals surface area contributed by atoms with Gasteiger partial charge >= 0.3 is 0 Å². The Kier molecular flexibility index (Phi) is 3.07. The number of hydrogen-bond acceptors (Lipinski definition) is 6. The van der Waals surface area contributed by atoms with Gasteiger partial charge in [-0.2, -0.15) is 0 Å². The van der Waals surface area contributed by atoms with Crippen molar-refractivity contribution in [2.75, 3.05) is 5.32 Å². The topological polar surface area (TPSA) is 96.7 Å². The third kappa shape index (κ3) is 2.45. The second kappa shape index (κ2) is 4.89. The fourth-order valence-electron chi connectivity index (χ4n) is 1.84. The Labute approximate surface area is 117 Å². The van der Waals surface area contributed by atoms with Crippen molar-refractivity contribution >= 4 is 34.0 Å². The summed E-state index contributed by atoms with van der Waals surface area (Å²) in [5, 5.41) is 16.8. The number of aromatic amines is 1. The zero-order valence-electron chi connectivity index (χ0n) is 10.6. The molecule has 0 atom stereocenters. The molecule has 0 bridgehead atoms. The van der Waals surface area contributed by atoms with Crippen molar-refractivity contribution in [2.24, 2.45) is 0 Å². The SMILES string of the molecule is Cc1csc(CNc2nc3ccc([N+](=O)[O-])cc3[nH]2)n1. The van der Waals surface area contributed by atoms with Crippen molar-refractivity contribution in [3.8, 4) is 0 Å². The lowest BCUT2D eigenvalue weighted by atomic mass is 10.3. The average Bonchev–Trinajstić information content (AvgIpc) is 3.00. The molecule has 0 aliphatic rings. The molecule has 0 aliphatic heterocycles. The van der Waals surface area contributed by atoms with Crippen LogP contribution < -0.4 is 5.32 Å². The minimum Gasteiger partial charge on any atom is -0.349 e. The summed E-state index contributed by atoms with van der Waals surface area (Å²) in [6.07, 6.45) is 0. The van der Waals surface area contributed by atoms with E-state index in [1.165, 1.54) is 12.1 Å². The number of aromatic nitrogens is 3. The van der Waals surface area contributed by atoms with Crippen LogP contribution in [0, 0.1) is 17.0 Å². The Morgan fingerprint density at radius 1 is 1.45 bits per heavy atom. The molecule has 2 N–H and O–H groups in total. The molecule has 20 heavy (non-hydrogen) atoms. The largest absolute Gasteiger partial charge is 0.349 e. The van der Waals surface area contributed by atoms with Crippen LogP contribution in [0.15, 0.2) is 23.6 Å². The summed E-state index contributed by atoms with van der Waals surface area (Å²) < 4.78 is 0. The molecule has 0 unspecified atom stereocenters. The standard InChI is InChI=1S/C12H11N5O2S/c1-7-6-20-11(14-7)5-13-12-15-9-3-2-8(17(18)19)4-10(9)16-12/h2-4,6H,5H2,1H3,(H2,13,15,16). The lowest BCUT2D eigenvalue weighted by Crippen LogP contribution is -2.00. The van der Waals surface area contributed by atoms with E-state index in [1.807, 2.05) is 12.3 Å². The molecule has 102 valence electrons. The second-order valence-corrected chi connectivity index (χ2v) is 5.22. The van der Waals surface area contributed by atoms with Gasteiger partial charge in [0.1, 0.15) is 5.01 Å². The zero-order valence-corrected chi connectivity index (χ0v) is 11.4. The van der Waals surface area contributed by atoms with E-state index in [4.69, 9.17) is 0 Å². The van der Waals surface area contributed by atoms with Crippen molar-refractivity contribution in [1.82, 2.24) is 15.0 Å². The molecule has 0 fully saturated rings. The number of hydrogen-bond donors (Lipinski definition) is 2. The molecule has 3 rings (SSSR count). The molecule has 0 aliphatic carbocycles. The molecular weight excluding hydrogens is 278 g/mol. The van der Waals surface area contributed by atoms with E-state index in [0.717, 1.165) is 10.7 Å². The minimum atomic E-state index is -0.425. The van der Waals surface area contributed by atoms with Gasteiger partial charge in [0.25, 0.3) is 5.69 Å². The van der Waals surface area contributed by atoms with Crippen LogP contribution in [0.5, 0.6) is 0 Å². The summed E-state index contributed by atoms with van der Waals surface area (Å²) in [5.41, 5.74) is 2.36. The number of fused-ring (bicyclic) bond motifs is 1. The number of imidazole rings is 1. The Bertz CT molecular complexity index is 779. The number of nitro groups is 1. The number of nitrogens with one attached hydrogen (secondary N) is 2. The Morgan fingerprint density at radius 2 is 2.30 bits per heavy atom. The fourth-order valence-corrected chi connectivity index (χ4v) is 2.55. The zero-order chi connectivity index (χ0) is 14.1. The third-order valence-electron chi connectivity index (χ3n) is 2.75. The molecule has 2 heterocycles. The Hall–Kier alpha value is -2.48.